The molecule has 0 aromatic carbocycles. The molecule has 84 valence electrons. The van der Waals surface area contributed by atoms with Crippen LogP contribution >= 0.6 is 11.6 Å². The number of carbonyl (C=O) groups excluding carboxylic acids is 1. The van der Waals surface area contributed by atoms with E-state index in [4.69, 9.17) is 11.6 Å². The highest BCUT2D eigenvalue weighted by Crippen LogP contribution is 2.06. The number of hydrogen-bond donors (Lipinski definition) is 0. The van der Waals surface area contributed by atoms with Crippen LogP contribution < -0.4 is 0 Å². The Morgan fingerprint density at radius 2 is 2.00 bits per heavy atom. The predicted molar refractivity (Wildman–Crippen MR) is 63.3 cm³/mol. The van der Waals surface area contributed by atoms with E-state index in [-0.39, 0.29) is 16.8 Å². The lowest BCUT2D eigenvalue weighted by atomic mass is 10.3. The average molecular weight is 238 g/mol. The molecule has 5 heteroatoms. The molecule has 0 aliphatic carbocycles. The molecule has 0 aliphatic rings. The first-order chi connectivity index (χ1) is 7.69. The number of hydrogen-bond acceptors (Lipinski definition) is 3. The highest BCUT2D eigenvalue weighted by atomic mass is 35.5. The average Bonchev–Trinajstić information content (AvgIpc) is 2.28. The number of carbonyl (C=O) groups is 1. The van der Waals surface area contributed by atoms with E-state index in [9.17, 15) is 4.79 Å². The maximum Gasteiger partial charge on any atom is 0.274 e. The number of rotatable bonds is 5. The molecule has 1 amide bonds. The molecule has 0 spiro atoms. The zero-order valence-corrected chi connectivity index (χ0v) is 9.52. The molecule has 16 heavy (non-hydrogen) atoms. The van der Waals surface area contributed by atoms with Crippen LogP contribution in [-0.2, 0) is 0 Å². The van der Waals surface area contributed by atoms with E-state index in [1.54, 1.807) is 17.1 Å². The maximum atomic E-state index is 11.9. The number of nitrogens with zero attached hydrogens (tertiary/aromatic N) is 3. The van der Waals surface area contributed by atoms with Gasteiger partial charge in [-0.05, 0) is 0 Å². The van der Waals surface area contributed by atoms with Crippen LogP contribution in [0.1, 0.15) is 10.5 Å². The van der Waals surface area contributed by atoms with Gasteiger partial charge in [0.25, 0.3) is 5.91 Å². The lowest BCUT2D eigenvalue weighted by molar-refractivity contribution is 0.0784. The van der Waals surface area contributed by atoms with Gasteiger partial charge in [-0.25, -0.2) is 4.98 Å². The summed E-state index contributed by atoms with van der Waals surface area (Å²) in [4.78, 5) is 21.2. The molecule has 0 atom stereocenters. The van der Waals surface area contributed by atoms with E-state index < -0.39 is 0 Å². The lowest BCUT2D eigenvalue weighted by Gasteiger charge is -2.18. The third-order valence-corrected chi connectivity index (χ3v) is 1.99. The topological polar surface area (TPSA) is 46.1 Å². The van der Waals surface area contributed by atoms with Crippen molar-refractivity contribution in [2.45, 2.75) is 0 Å². The van der Waals surface area contributed by atoms with E-state index in [0.29, 0.717) is 13.1 Å². The second-order valence-corrected chi connectivity index (χ2v) is 3.40. The third kappa shape index (κ3) is 3.17. The van der Waals surface area contributed by atoms with E-state index in [1.165, 1.54) is 12.4 Å². The predicted octanol–water partition coefficient (Wildman–Crippen LogP) is 1.94. The van der Waals surface area contributed by atoms with Gasteiger partial charge in [-0.1, -0.05) is 23.8 Å². The molecule has 1 heterocycles. The lowest BCUT2D eigenvalue weighted by Crippen LogP contribution is -2.32. The summed E-state index contributed by atoms with van der Waals surface area (Å²) in [6, 6.07) is 0. The van der Waals surface area contributed by atoms with Gasteiger partial charge in [-0.2, -0.15) is 0 Å². The Morgan fingerprint density at radius 1 is 1.38 bits per heavy atom. The monoisotopic (exact) mass is 237 g/mol. The molecule has 0 unspecified atom stereocenters. The van der Waals surface area contributed by atoms with Crippen molar-refractivity contribution < 1.29 is 4.79 Å². The van der Waals surface area contributed by atoms with E-state index in [0.717, 1.165) is 0 Å². The normalized spacial score (nSPS) is 9.56. The number of amides is 1. The van der Waals surface area contributed by atoms with E-state index in [1.807, 2.05) is 0 Å². The van der Waals surface area contributed by atoms with Crippen LogP contribution in [0.3, 0.4) is 0 Å². The van der Waals surface area contributed by atoms with Crippen LogP contribution in [0.15, 0.2) is 37.7 Å². The fourth-order valence-corrected chi connectivity index (χ4v) is 1.31. The molecule has 0 radical (unpaired) electrons. The Kier molecular flexibility index (Phi) is 4.66. The van der Waals surface area contributed by atoms with Crippen LogP contribution in [0.25, 0.3) is 0 Å². The van der Waals surface area contributed by atoms with Crippen LogP contribution in [0.2, 0.25) is 5.15 Å². The zero-order chi connectivity index (χ0) is 12.0. The first-order valence-electron chi connectivity index (χ1n) is 4.67. The van der Waals surface area contributed by atoms with Crippen LogP contribution in [-0.4, -0.2) is 33.9 Å². The largest absolute Gasteiger partial charge is 0.330 e. The smallest absolute Gasteiger partial charge is 0.274 e. The maximum absolute atomic E-state index is 11.9. The van der Waals surface area contributed by atoms with Crippen LogP contribution in [0, 0.1) is 0 Å². The Morgan fingerprint density at radius 3 is 2.50 bits per heavy atom. The molecule has 1 rings (SSSR count). The van der Waals surface area contributed by atoms with E-state index in [2.05, 4.69) is 23.1 Å². The molecule has 0 saturated heterocycles. The van der Waals surface area contributed by atoms with Gasteiger partial charge < -0.3 is 4.90 Å². The van der Waals surface area contributed by atoms with Crippen molar-refractivity contribution in [2.75, 3.05) is 13.1 Å². The van der Waals surface area contributed by atoms with Crippen LogP contribution in [0.5, 0.6) is 0 Å². The Bertz CT molecular complexity index is 396. The van der Waals surface area contributed by atoms with Gasteiger partial charge in [-0.3, -0.25) is 9.78 Å². The quantitative estimate of drug-likeness (QED) is 0.736. The molecule has 0 fully saturated rings. The van der Waals surface area contributed by atoms with Crippen molar-refractivity contribution in [3.05, 3.63) is 48.6 Å². The molecule has 0 N–H and O–H groups in total. The molecule has 1 aromatic rings. The highest BCUT2D eigenvalue weighted by Gasteiger charge is 2.15. The summed E-state index contributed by atoms with van der Waals surface area (Å²) in [5.41, 5.74) is 0.219. The highest BCUT2D eigenvalue weighted by molar-refractivity contribution is 6.29. The van der Waals surface area contributed by atoms with Crippen molar-refractivity contribution in [1.29, 1.82) is 0 Å². The van der Waals surface area contributed by atoms with Gasteiger partial charge >= 0.3 is 0 Å². The summed E-state index contributed by atoms with van der Waals surface area (Å²) in [5.74, 6) is -0.241. The fourth-order valence-electron chi connectivity index (χ4n) is 1.16. The van der Waals surface area contributed by atoms with Crippen molar-refractivity contribution in [3.63, 3.8) is 0 Å². The molecular formula is C11H12ClN3O. The minimum absolute atomic E-state index is 0.197. The molecule has 0 bridgehead atoms. The Hall–Kier alpha value is -1.68. The van der Waals surface area contributed by atoms with Gasteiger partial charge in [0, 0.05) is 13.1 Å². The van der Waals surface area contributed by atoms with Crippen molar-refractivity contribution >= 4 is 17.5 Å². The molecule has 1 aromatic heterocycles. The summed E-state index contributed by atoms with van der Waals surface area (Å²) in [6.07, 6.45) is 6.04. The van der Waals surface area contributed by atoms with Crippen molar-refractivity contribution in [1.82, 2.24) is 14.9 Å². The number of halogens is 1. The van der Waals surface area contributed by atoms with Crippen molar-refractivity contribution in [2.24, 2.45) is 0 Å². The third-order valence-electron chi connectivity index (χ3n) is 1.81. The SMILES string of the molecule is C=CCN(CC=C)C(=O)c1cncc(Cl)n1. The summed E-state index contributed by atoms with van der Waals surface area (Å²) >= 11 is 5.66. The standard InChI is InChI=1S/C11H12ClN3O/c1-3-5-15(6-4-2)11(16)9-7-13-8-10(12)14-9/h3-4,7-8H,1-2,5-6H2. The zero-order valence-electron chi connectivity index (χ0n) is 8.77. The second-order valence-electron chi connectivity index (χ2n) is 3.01. The van der Waals surface area contributed by atoms with Gasteiger partial charge in [0.15, 0.2) is 0 Å². The summed E-state index contributed by atoms with van der Waals surface area (Å²) in [6.45, 7) is 8.03. The van der Waals surface area contributed by atoms with E-state index >= 15 is 0 Å². The second kappa shape index (κ2) is 6.02. The minimum Gasteiger partial charge on any atom is -0.330 e. The molecule has 0 saturated carbocycles. The summed E-state index contributed by atoms with van der Waals surface area (Å²) in [7, 11) is 0. The minimum atomic E-state index is -0.241. The Labute approximate surface area is 99.3 Å². The van der Waals surface area contributed by atoms with Gasteiger partial charge in [0.05, 0.1) is 12.4 Å². The molecule has 4 nitrogen and oxygen atoms in total. The first kappa shape index (κ1) is 12.4. The van der Waals surface area contributed by atoms with Crippen molar-refractivity contribution in [3.8, 4) is 0 Å². The molecule has 0 aliphatic heterocycles. The summed E-state index contributed by atoms with van der Waals surface area (Å²) in [5, 5.41) is 0.197. The molecular weight excluding hydrogens is 226 g/mol. The van der Waals surface area contributed by atoms with Gasteiger partial charge in [0.2, 0.25) is 0 Å². The number of aromatic nitrogens is 2. The van der Waals surface area contributed by atoms with Gasteiger partial charge in [-0.15, -0.1) is 13.2 Å². The first-order valence-corrected chi connectivity index (χ1v) is 5.05. The Balaban J connectivity index is 2.89. The summed E-state index contributed by atoms with van der Waals surface area (Å²) < 4.78 is 0. The van der Waals surface area contributed by atoms with Crippen LogP contribution in [0.4, 0.5) is 0 Å². The van der Waals surface area contributed by atoms with Gasteiger partial charge in [0.1, 0.15) is 10.8 Å². The fraction of sp³-hybridized carbons (Fsp3) is 0.182.